The number of amides is 1. The van der Waals surface area contributed by atoms with Gasteiger partial charge in [0.15, 0.2) is 0 Å². The first-order valence-electron chi connectivity index (χ1n) is 3.94. The maximum atomic E-state index is 11.0. The van der Waals surface area contributed by atoms with Gasteiger partial charge in [-0.25, -0.2) is 0 Å². The second-order valence-corrected chi connectivity index (χ2v) is 3.11. The van der Waals surface area contributed by atoms with Gasteiger partial charge >= 0.3 is 0 Å². The van der Waals surface area contributed by atoms with Crippen molar-refractivity contribution in [2.75, 3.05) is 5.32 Å². The molecule has 1 aromatic rings. The van der Waals surface area contributed by atoms with Gasteiger partial charge in [0.25, 0.3) is 0 Å². The topological polar surface area (TPSA) is 42.0 Å². The predicted octanol–water partition coefficient (Wildman–Crippen LogP) is 1.19. The van der Waals surface area contributed by atoms with Gasteiger partial charge in [-0.3, -0.25) is 9.78 Å². The Kier molecular flexibility index (Phi) is 1.40. The van der Waals surface area contributed by atoms with Crippen molar-refractivity contribution >= 4 is 11.6 Å². The van der Waals surface area contributed by atoms with Crippen molar-refractivity contribution in [3.05, 3.63) is 23.0 Å². The van der Waals surface area contributed by atoms with Crippen LogP contribution in [0.4, 0.5) is 5.69 Å². The Labute approximate surface area is 70.8 Å². The number of pyridine rings is 1. The Balaban J connectivity index is 2.59. The summed E-state index contributed by atoms with van der Waals surface area (Å²) < 4.78 is 0. The molecular weight excluding hydrogens is 152 g/mol. The number of fused-ring (bicyclic) bond motifs is 1. The summed E-state index contributed by atoms with van der Waals surface area (Å²) >= 11 is 0. The maximum Gasteiger partial charge on any atom is 0.228 e. The Hall–Kier alpha value is -1.38. The summed E-state index contributed by atoms with van der Waals surface area (Å²) in [6.45, 7) is 3.85. The molecule has 1 amide bonds. The molecule has 3 nitrogen and oxygen atoms in total. The van der Waals surface area contributed by atoms with Crippen LogP contribution in [0.15, 0.2) is 6.07 Å². The zero-order chi connectivity index (χ0) is 8.72. The van der Waals surface area contributed by atoms with Crippen LogP contribution in [0, 0.1) is 13.8 Å². The molecule has 1 aromatic heterocycles. The lowest BCUT2D eigenvalue weighted by atomic mass is 10.1. The van der Waals surface area contributed by atoms with Crippen LogP contribution in [0.2, 0.25) is 0 Å². The summed E-state index contributed by atoms with van der Waals surface area (Å²) in [7, 11) is 0. The second kappa shape index (κ2) is 2.30. The molecule has 2 rings (SSSR count). The van der Waals surface area contributed by atoms with E-state index in [1.807, 2.05) is 19.9 Å². The second-order valence-electron chi connectivity index (χ2n) is 3.11. The predicted molar refractivity (Wildman–Crippen MR) is 46.0 cm³/mol. The van der Waals surface area contributed by atoms with Gasteiger partial charge in [-0.05, 0) is 25.5 Å². The van der Waals surface area contributed by atoms with Crippen molar-refractivity contribution in [1.29, 1.82) is 0 Å². The Morgan fingerprint density at radius 3 is 3.00 bits per heavy atom. The number of rotatable bonds is 0. The van der Waals surface area contributed by atoms with E-state index < -0.39 is 0 Å². The lowest BCUT2D eigenvalue weighted by molar-refractivity contribution is -0.115. The highest BCUT2D eigenvalue weighted by molar-refractivity contribution is 5.99. The number of hydrogen-bond acceptors (Lipinski definition) is 2. The molecule has 1 aliphatic rings. The first kappa shape index (κ1) is 7.28. The van der Waals surface area contributed by atoms with E-state index in [1.165, 1.54) is 0 Å². The third kappa shape index (κ3) is 0.978. The molecule has 1 N–H and O–H groups in total. The van der Waals surface area contributed by atoms with Gasteiger partial charge in [-0.15, -0.1) is 0 Å². The molecule has 0 spiro atoms. The number of anilines is 1. The third-order valence-corrected chi connectivity index (χ3v) is 2.03. The number of nitrogens with zero attached hydrogens (tertiary/aromatic N) is 1. The smallest absolute Gasteiger partial charge is 0.228 e. The van der Waals surface area contributed by atoms with E-state index in [-0.39, 0.29) is 5.91 Å². The number of aromatic nitrogens is 1. The van der Waals surface area contributed by atoms with E-state index in [2.05, 4.69) is 10.3 Å². The van der Waals surface area contributed by atoms with Gasteiger partial charge in [0.05, 0.1) is 17.8 Å². The molecule has 1 aliphatic heterocycles. The van der Waals surface area contributed by atoms with Gasteiger partial charge in [-0.2, -0.15) is 0 Å². The molecule has 0 unspecified atom stereocenters. The van der Waals surface area contributed by atoms with Crippen LogP contribution < -0.4 is 5.32 Å². The molecule has 0 fully saturated rings. The van der Waals surface area contributed by atoms with Gasteiger partial charge in [0.1, 0.15) is 0 Å². The van der Waals surface area contributed by atoms with Crippen molar-refractivity contribution in [3.8, 4) is 0 Å². The van der Waals surface area contributed by atoms with Crippen LogP contribution in [0.1, 0.15) is 17.0 Å². The highest BCUT2D eigenvalue weighted by Gasteiger charge is 2.19. The van der Waals surface area contributed by atoms with E-state index in [0.29, 0.717) is 6.42 Å². The zero-order valence-corrected chi connectivity index (χ0v) is 7.14. The van der Waals surface area contributed by atoms with E-state index in [4.69, 9.17) is 0 Å². The van der Waals surface area contributed by atoms with Crippen molar-refractivity contribution in [3.63, 3.8) is 0 Å². The van der Waals surface area contributed by atoms with Gasteiger partial charge in [0.2, 0.25) is 5.91 Å². The minimum Gasteiger partial charge on any atom is -0.324 e. The SMILES string of the molecule is Cc1cc2c(c(C)n1)NC(=O)C2. The molecule has 2 heterocycles. The summed E-state index contributed by atoms with van der Waals surface area (Å²) in [5.74, 6) is 0.0699. The number of carbonyl (C=O) groups excluding carboxylic acids is 1. The minimum atomic E-state index is 0.0699. The van der Waals surface area contributed by atoms with Crippen molar-refractivity contribution in [1.82, 2.24) is 4.98 Å². The maximum absolute atomic E-state index is 11.0. The van der Waals surface area contributed by atoms with Crippen molar-refractivity contribution < 1.29 is 4.79 Å². The van der Waals surface area contributed by atoms with Crippen LogP contribution in [0.25, 0.3) is 0 Å². The molecule has 12 heavy (non-hydrogen) atoms. The van der Waals surface area contributed by atoms with Crippen molar-refractivity contribution in [2.45, 2.75) is 20.3 Å². The fraction of sp³-hybridized carbons (Fsp3) is 0.333. The monoisotopic (exact) mass is 162 g/mol. The largest absolute Gasteiger partial charge is 0.324 e. The molecule has 0 aromatic carbocycles. The summed E-state index contributed by atoms with van der Waals surface area (Å²) in [5.41, 5.74) is 3.87. The first-order valence-corrected chi connectivity index (χ1v) is 3.94. The van der Waals surface area contributed by atoms with Crippen LogP contribution in [0.5, 0.6) is 0 Å². The summed E-state index contributed by atoms with van der Waals surface area (Å²) in [5, 5.41) is 2.79. The fourth-order valence-corrected chi connectivity index (χ4v) is 1.58. The Bertz CT molecular complexity index is 358. The van der Waals surface area contributed by atoms with Crippen LogP contribution >= 0.6 is 0 Å². The molecule has 0 saturated heterocycles. The third-order valence-electron chi connectivity index (χ3n) is 2.03. The highest BCUT2D eigenvalue weighted by Crippen LogP contribution is 2.25. The average molecular weight is 162 g/mol. The zero-order valence-electron chi connectivity index (χ0n) is 7.14. The van der Waals surface area contributed by atoms with Crippen molar-refractivity contribution in [2.24, 2.45) is 0 Å². The van der Waals surface area contributed by atoms with E-state index >= 15 is 0 Å². The molecule has 0 saturated carbocycles. The molecular formula is C9H10N2O. The number of nitrogens with one attached hydrogen (secondary N) is 1. The fourth-order valence-electron chi connectivity index (χ4n) is 1.58. The minimum absolute atomic E-state index is 0.0699. The summed E-state index contributed by atoms with van der Waals surface area (Å²) in [6.07, 6.45) is 0.500. The van der Waals surface area contributed by atoms with E-state index in [0.717, 1.165) is 22.6 Å². The quantitative estimate of drug-likeness (QED) is 0.622. The number of aryl methyl sites for hydroxylation is 2. The van der Waals surface area contributed by atoms with Gasteiger partial charge in [-0.1, -0.05) is 0 Å². The first-order chi connectivity index (χ1) is 5.66. The van der Waals surface area contributed by atoms with Crippen LogP contribution in [-0.4, -0.2) is 10.9 Å². The number of carbonyl (C=O) groups is 1. The highest BCUT2D eigenvalue weighted by atomic mass is 16.1. The normalized spacial score (nSPS) is 14.3. The lowest BCUT2D eigenvalue weighted by Gasteiger charge is -2.02. The Morgan fingerprint density at radius 1 is 1.50 bits per heavy atom. The molecule has 62 valence electrons. The van der Waals surface area contributed by atoms with E-state index in [9.17, 15) is 4.79 Å². The summed E-state index contributed by atoms with van der Waals surface area (Å²) in [6, 6.07) is 1.96. The lowest BCUT2D eigenvalue weighted by Crippen LogP contribution is -2.04. The molecule has 0 atom stereocenters. The van der Waals surface area contributed by atoms with Gasteiger partial charge in [0, 0.05) is 5.69 Å². The number of hydrogen-bond donors (Lipinski definition) is 1. The summed E-state index contributed by atoms with van der Waals surface area (Å²) in [4.78, 5) is 15.3. The standard InChI is InChI=1S/C9H10N2O/c1-5-3-7-4-8(12)11-9(7)6(2)10-5/h3H,4H2,1-2H3,(H,11,12). The average Bonchev–Trinajstić information content (AvgIpc) is 2.29. The van der Waals surface area contributed by atoms with Crippen LogP contribution in [0.3, 0.4) is 0 Å². The Morgan fingerprint density at radius 2 is 2.25 bits per heavy atom. The molecule has 0 radical (unpaired) electrons. The van der Waals surface area contributed by atoms with E-state index in [1.54, 1.807) is 0 Å². The molecule has 0 bridgehead atoms. The van der Waals surface area contributed by atoms with Gasteiger partial charge < -0.3 is 5.32 Å². The molecule has 3 heteroatoms. The molecule has 0 aliphatic carbocycles. The van der Waals surface area contributed by atoms with Crippen LogP contribution in [-0.2, 0) is 11.2 Å².